The summed E-state index contributed by atoms with van der Waals surface area (Å²) < 4.78 is 5.47. The van der Waals surface area contributed by atoms with Gasteiger partial charge in [-0.05, 0) is 64.2 Å². The summed E-state index contributed by atoms with van der Waals surface area (Å²) in [6, 6.07) is 5.16. The van der Waals surface area contributed by atoms with Crippen molar-refractivity contribution in [3.8, 4) is 5.75 Å². The van der Waals surface area contributed by atoms with Gasteiger partial charge in [0.1, 0.15) is 11.8 Å². The highest BCUT2D eigenvalue weighted by Crippen LogP contribution is 2.23. The van der Waals surface area contributed by atoms with Crippen LogP contribution in [0.5, 0.6) is 5.75 Å². The molecule has 0 fully saturated rings. The third-order valence-electron chi connectivity index (χ3n) is 4.44. The fourth-order valence-corrected chi connectivity index (χ4v) is 3.04. The van der Waals surface area contributed by atoms with Crippen molar-refractivity contribution in [2.24, 2.45) is 0 Å². The van der Waals surface area contributed by atoms with E-state index in [2.05, 4.69) is 16.7 Å². The Morgan fingerprint density at radius 2 is 2.20 bits per heavy atom. The number of anilines is 1. The minimum atomic E-state index is -0.343. The molecule has 1 atom stereocenters. The lowest BCUT2D eigenvalue weighted by Crippen LogP contribution is -2.38. The molecule has 3 N–H and O–H groups in total. The molecule has 1 aromatic rings. The van der Waals surface area contributed by atoms with E-state index in [0.717, 1.165) is 12.1 Å². The summed E-state index contributed by atoms with van der Waals surface area (Å²) in [5, 5.41) is 15.6. The maximum Gasteiger partial charge on any atom is 0.242 e. The van der Waals surface area contributed by atoms with E-state index in [1.54, 1.807) is 0 Å². The van der Waals surface area contributed by atoms with Gasteiger partial charge in [0.05, 0.1) is 13.2 Å². The third-order valence-corrected chi connectivity index (χ3v) is 4.44. The van der Waals surface area contributed by atoms with E-state index in [4.69, 9.17) is 4.74 Å². The van der Waals surface area contributed by atoms with Crippen LogP contribution >= 0.6 is 0 Å². The molecule has 0 spiro atoms. The molecule has 2 rings (SSSR count). The Labute approximate surface area is 150 Å². The molecule has 1 amide bonds. The number of aliphatic hydroxyl groups is 1. The van der Waals surface area contributed by atoms with Crippen molar-refractivity contribution in [2.45, 2.75) is 58.6 Å². The van der Waals surface area contributed by atoms with E-state index >= 15 is 0 Å². The average Bonchev–Trinajstić information content (AvgIpc) is 2.63. The Balaban J connectivity index is 1.82. The molecule has 5 heteroatoms. The number of amides is 1. The highest BCUT2D eigenvalue weighted by molar-refractivity contribution is 5.84. The molecular formula is C20H30N2O3. The number of allylic oxidation sites excluding steroid dienone is 1. The van der Waals surface area contributed by atoms with Gasteiger partial charge in [-0.1, -0.05) is 11.6 Å². The third kappa shape index (κ3) is 6.09. The lowest BCUT2D eigenvalue weighted by Gasteiger charge is -2.18. The van der Waals surface area contributed by atoms with Gasteiger partial charge in [0.2, 0.25) is 5.91 Å². The van der Waals surface area contributed by atoms with E-state index in [-0.39, 0.29) is 18.6 Å². The maximum absolute atomic E-state index is 12.2. The largest absolute Gasteiger partial charge is 0.494 e. The molecule has 0 bridgehead atoms. The Morgan fingerprint density at radius 1 is 1.36 bits per heavy atom. The molecule has 0 heterocycles. The van der Waals surface area contributed by atoms with Crippen molar-refractivity contribution in [1.29, 1.82) is 0 Å². The van der Waals surface area contributed by atoms with E-state index in [0.29, 0.717) is 24.5 Å². The van der Waals surface area contributed by atoms with Crippen LogP contribution in [0.2, 0.25) is 0 Å². The second-order valence-electron chi connectivity index (χ2n) is 6.43. The van der Waals surface area contributed by atoms with Crippen LogP contribution in [0.3, 0.4) is 0 Å². The van der Waals surface area contributed by atoms with Crippen LogP contribution in [0.4, 0.5) is 5.69 Å². The normalized spacial score (nSPS) is 15.2. The number of rotatable bonds is 9. The number of ether oxygens (including phenoxy) is 1. The van der Waals surface area contributed by atoms with Crippen molar-refractivity contribution in [3.05, 3.63) is 35.4 Å². The van der Waals surface area contributed by atoms with Crippen LogP contribution in [-0.4, -0.2) is 30.2 Å². The van der Waals surface area contributed by atoms with Gasteiger partial charge >= 0.3 is 0 Å². The summed E-state index contributed by atoms with van der Waals surface area (Å²) in [4.78, 5) is 12.2. The molecular weight excluding hydrogens is 316 g/mol. The van der Waals surface area contributed by atoms with Crippen LogP contribution in [0.15, 0.2) is 29.8 Å². The topological polar surface area (TPSA) is 70.6 Å². The van der Waals surface area contributed by atoms with Crippen molar-refractivity contribution in [3.63, 3.8) is 0 Å². The lowest BCUT2D eigenvalue weighted by atomic mass is 9.97. The predicted molar refractivity (Wildman–Crippen MR) is 101 cm³/mol. The predicted octanol–water partition coefficient (Wildman–Crippen LogP) is 3.38. The molecule has 1 aliphatic rings. The van der Waals surface area contributed by atoms with Crippen molar-refractivity contribution < 1.29 is 14.6 Å². The Morgan fingerprint density at radius 3 is 2.88 bits per heavy atom. The first-order valence-corrected chi connectivity index (χ1v) is 9.22. The number of carbonyl (C=O) groups is 1. The van der Waals surface area contributed by atoms with Crippen molar-refractivity contribution >= 4 is 11.6 Å². The van der Waals surface area contributed by atoms with Gasteiger partial charge in [-0.2, -0.15) is 0 Å². The zero-order valence-corrected chi connectivity index (χ0v) is 15.3. The van der Waals surface area contributed by atoms with Gasteiger partial charge in [-0.15, -0.1) is 0 Å². The zero-order chi connectivity index (χ0) is 18.1. The average molecular weight is 346 g/mol. The van der Waals surface area contributed by atoms with E-state index in [9.17, 15) is 9.90 Å². The number of nitrogens with one attached hydrogen (secondary N) is 2. The summed E-state index contributed by atoms with van der Waals surface area (Å²) in [6.07, 6.45) is 8.15. The Hall–Kier alpha value is -2.01. The zero-order valence-electron chi connectivity index (χ0n) is 15.3. The SMILES string of the molecule is CCOc1ccc(NC(C)C(=O)NCCC2=CCCCC2)cc1CO. The van der Waals surface area contributed by atoms with Crippen LogP contribution < -0.4 is 15.4 Å². The molecule has 0 radical (unpaired) electrons. The van der Waals surface area contributed by atoms with Gasteiger partial charge in [-0.25, -0.2) is 0 Å². The summed E-state index contributed by atoms with van der Waals surface area (Å²) in [5.74, 6) is 0.657. The van der Waals surface area contributed by atoms with E-state index < -0.39 is 0 Å². The summed E-state index contributed by atoms with van der Waals surface area (Å²) in [5.41, 5.74) is 2.97. The fourth-order valence-electron chi connectivity index (χ4n) is 3.04. The molecule has 5 nitrogen and oxygen atoms in total. The summed E-state index contributed by atoms with van der Waals surface area (Å²) in [7, 11) is 0. The minimum absolute atomic E-state index is 0.0177. The number of benzene rings is 1. The van der Waals surface area contributed by atoms with Gasteiger partial charge < -0.3 is 20.5 Å². The van der Waals surface area contributed by atoms with Gasteiger partial charge in [0.15, 0.2) is 0 Å². The smallest absolute Gasteiger partial charge is 0.242 e. The van der Waals surface area contributed by atoms with E-state index in [1.165, 1.54) is 31.3 Å². The fraction of sp³-hybridized carbons (Fsp3) is 0.550. The quantitative estimate of drug-likeness (QED) is 0.600. The molecule has 138 valence electrons. The van der Waals surface area contributed by atoms with Crippen LogP contribution in [-0.2, 0) is 11.4 Å². The molecule has 0 aromatic heterocycles. The van der Waals surface area contributed by atoms with Crippen LogP contribution in [0.25, 0.3) is 0 Å². The van der Waals surface area contributed by atoms with Crippen LogP contribution in [0, 0.1) is 0 Å². The number of carbonyl (C=O) groups excluding carboxylic acids is 1. The van der Waals surface area contributed by atoms with Gasteiger partial charge in [0.25, 0.3) is 0 Å². The Bertz CT molecular complexity index is 599. The molecule has 0 saturated carbocycles. The van der Waals surface area contributed by atoms with E-state index in [1.807, 2.05) is 32.0 Å². The lowest BCUT2D eigenvalue weighted by molar-refractivity contribution is -0.121. The molecule has 1 aromatic carbocycles. The van der Waals surface area contributed by atoms with Crippen molar-refractivity contribution in [1.82, 2.24) is 5.32 Å². The first-order chi connectivity index (χ1) is 12.1. The highest BCUT2D eigenvalue weighted by Gasteiger charge is 2.13. The minimum Gasteiger partial charge on any atom is -0.494 e. The number of hydrogen-bond donors (Lipinski definition) is 3. The van der Waals surface area contributed by atoms with Gasteiger partial charge in [-0.3, -0.25) is 4.79 Å². The number of hydrogen-bond acceptors (Lipinski definition) is 4. The standard InChI is InChI=1S/C20H30N2O3/c1-3-25-19-10-9-18(13-17(19)14-23)22-15(2)20(24)21-12-11-16-7-5-4-6-8-16/h7,9-10,13,15,22-23H,3-6,8,11-12,14H2,1-2H3,(H,21,24). The number of aliphatic hydroxyl groups excluding tert-OH is 1. The summed E-state index contributed by atoms with van der Waals surface area (Å²) >= 11 is 0. The molecule has 1 unspecified atom stereocenters. The first-order valence-electron chi connectivity index (χ1n) is 9.22. The van der Waals surface area contributed by atoms with Gasteiger partial charge in [0, 0.05) is 17.8 Å². The highest BCUT2D eigenvalue weighted by atomic mass is 16.5. The Kier molecular flexibility index (Phi) is 7.79. The molecule has 1 aliphatic carbocycles. The molecule has 0 aliphatic heterocycles. The second kappa shape index (κ2) is 10.1. The first kappa shape index (κ1) is 19.3. The second-order valence-corrected chi connectivity index (χ2v) is 6.43. The maximum atomic E-state index is 12.2. The van der Waals surface area contributed by atoms with Crippen molar-refractivity contribution in [2.75, 3.05) is 18.5 Å². The van der Waals surface area contributed by atoms with Crippen LogP contribution in [0.1, 0.15) is 51.5 Å². The summed E-state index contributed by atoms with van der Waals surface area (Å²) in [6.45, 7) is 4.88. The molecule has 0 saturated heterocycles. The monoisotopic (exact) mass is 346 g/mol. The molecule has 25 heavy (non-hydrogen) atoms.